The Balaban J connectivity index is 0.965. The maximum atomic E-state index is 14.9. The maximum absolute atomic E-state index is 14.9. The summed E-state index contributed by atoms with van der Waals surface area (Å²) in [5, 5.41) is 150. The van der Waals surface area contributed by atoms with Gasteiger partial charge in [0.05, 0.1) is 57.1 Å². The van der Waals surface area contributed by atoms with E-state index >= 15 is 0 Å². The van der Waals surface area contributed by atoms with Crippen LogP contribution in [0.4, 0.5) is 0 Å². The molecule has 14 N–H and O–H groups in total. The lowest BCUT2D eigenvalue weighted by Gasteiger charge is -2.71. The minimum atomic E-state index is -1.90. The summed E-state index contributed by atoms with van der Waals surface area (Å²) in [6.45, 7) is 7.45. The van der Waals surface area contributed by atoms with Gasteiger partial charge in [0.15, 0.2) is 18.9 Å². The number of fused-ring (bicyclic) bond motifs is 7. The predicted molar refractivity (Wildman–Crippen MR) is 265 cm³/mol. The summed E-state index contributed by atoms with van der Waals surface area (Å²) in [6.07, 6.45) is -25.8. The smallest absolute Gasteiger partial charge is 0.315 e. The molecule has 4 heterocycles. The Labute approximate surface area is 458 Å². The first-order chi connectivity index (χ1) is 37.2. The van der Waals surface area contributed by atoms with Crippen LogP contribution in [0.1, 0.15) is 98.8 Å². The van der Waals surface area contributed by atoms with Gasteiger partial charge in [-0.15, -0.1) is 0 Å². The molecule has 0 amide bonds. The number of rotatable bonds is 13. The third kappa shape index (κ3) is 9.85. The number of carbonyl (C=O) groups excluding carboxylic acids is 2. The van der Waals surface area contributed by atoms with Gasteiger partial charge in [-0.1, -0.05) is 39.3 Å². The topological polar surface area (TPSA) is 400 Å². The van der Waals surface area contributed by atoms with E-state index in [2.05, 4.69) is 26.8 Å². The molecule has 0 radical (unpaired) electrons. The number of hydrogen-bond acceptors (Lipinski definition) is 25. The molecule has 8 fully saturated rings. The van der Waals surface area contributed by atoms with Crippen LogP contribution in [0, 0.1) is 50.2 Å². The largest absolute Gasteiger partial charge is 0.469 e. The highest BCUT2D eigenvalue weighted by Crippen LogP contribution is 2.76. The average Bonchev–Trinajstić information content (AvgIpc) is 3.57. The second kappa shape index (κ2) is 22.7. The number of esters is 2. The molecular weight excluding hydrogens is 1050 g/mol. The molecule has 0 spiro atoms. The molecule has 4 saturated carbocycles. The van der Waals surface area contributed by atoms with E-state index in [0.717, 1.165) is 5.57 Å². The van der Waals surface area contributed by atoms with Crippen LogP contribution < -0.4 is 0 Å². The van der Waals surface area contributed by atoms with Crippen molar-refractivity contribution in [3.63, 3.8) is 0 Å². The average molecular weight is 1140 g/mol. The number of aliphatic hydroxyl groups is 14. The fourth-order valence-corrected chi connectivity index (χ4v) is 16.5. The van der Waals surface area contributed by atoms with Crippen molar-refractivity contribution < 1.29 is 124 Å². The van der Waals surface area contributed by atoms with E-state index in [-0.39, 0.29) is 31.3 Å². The molecule has 0 unspecified atom stereocenters. The van der Waals surface area contributed by atoms with Gasteiger partial charge in [0.1, 0.15) is 91.6 Å². The van der Waals surface area contributed by atoms with Crippen molar-refractivity contribution in [2.24, 2.45) is 50.2 Å². The number of methoxy groups -OCH3 is 1. The Hall–Kier alpha value is -2.16. The molecule has 25 heteroatoms. The van der Waals surface area contributed by atoms with Gasteiger partial charge in [-0.25, -0.2) is 0 Å². The Bertz CT molecular complexity index is 2200. The molecular formula is C54H86O25. The van der Waals surface area contributed by atoms with E-state index in [1.54, 1.807) is 0 Å². The van der Waals surface area contributed by atoms with Crippen LogP contribution in [-0.4, -0.2) is 246 Å². The third-order valence-corrected chi connectivity index (χ3v) is 21.6. The first-order valence-electron chi connectivity index (χ1n) is 28.0. The lowest BCUT2D eigenvalue weighted by atomic mass is 9.33. The number of allylic oxidation sites excluding steroid dienone is 2. The minimum Gasteiger partial charge on any atom is -0.469 e. The summed E-state index contributed by atoms with van der Waals surface area (Å²) >= 11 is 0. The van der Waals surface area contributed by atoms with Crippen LogP contribution in [0.25, 0.3) is 0 Å². The van der Waals surface area contributed by atoms with Gasteiger partial charge in [-0.3, -0.25) is 9.59 Å². The molecule has 4 saturated heterocycles. The highest BCUT2D eigenvalue weighted by molar-refractivity contribution is 5.81. The van der Waals surface area contributed by atoms with Crippen LogP contribution >= 0.6 is 0 Å². The molecule has 0 aromatic carbocycles. The fraction of sp³-hybridized carbons (Fsp3) is 0.926. The Morgan fingerprint density at radius 3 is 1.76 bits per heavy atom. The maximum Gasteiger partial charge on any atom is 0.315 e. The van der Waals surface area contributed by atoms with E-state index in [0.29, 0.717) is 51.4 Å². The molecule has 25 nitrogen and oxygen atoms in total. The summed E-state index contributed by atoms with van der Waals surface area (Å²) in [4.78, 5) is 28.5. The molecule has 4 aliphatic heterocycles. The first-order valence-corrected chi connectivity index (χ1v) is 28.0. The van der Waals surface area contributed by atoms with E-state index in [1.165, 1.54) is 7.11 Å². The zero-order chi connectivity index (χ0) is 57.7. The van der Waals surface area contributed by atoms with Crippen molar-refractivity contribution in [2.45, 2.75) is 222 Å². The van der Waals surface area contributed by atoms with Crippen molar-refractivity contribution >= 4 is 11.9 Å². The van der Waals surface area contributed by atoms with Gasteiger partial charge in [-0.05, 0) is 105 Å². The standard InChI is InChI=1S/C54H86O25/c1-49(47(69)71-6)13-15-54(48(70)79-45-39(67)36(64)33(61)27(19-56)74-45)16-14-52(4)23(24(54)17-49)7-8-30-50(2)11-10-31(51(3,22-58)29(50)9-12-53(30,52)5)76-46-42(37(65)34(62)28(20-57)75-46)78-43-40(68)41(25(59)21-72-43)77-44-38(66)35(63)32(60)26(18-55)73-44/h7,24-46,55-68H,8-22H2,1-6H3/t24-,25+,26+,27+,28+,29+,30+,31-,32+,33+,34+,35-,36-,37-,38+,39+,40+,41-,42+,43-,44-,45-,46-,49-,50-,51-,52+,53+,54-/m0/s1. The molecule has 452 valence electrons. The molecule has 79 heavy (non-hydrogen) atoms. The van der Waals surface area contributed by atoms with E-state index in [9.17, 15) is 81.1 Å². The number of aliphatic hydroxyl groups excluding tert-OH is 14. The first kappa shape index (κ1) is 61.4. The van der Waals surface area contributed by atoms with Crippen molar-refractivity contribution in [1.82, 2.24) is 0 Å². The summed E-state index contributed by atoms with van der Waals surface area (Å²) < 4.78 is 52.9. The fourth-order valence-electron chi connectivity index (χ4n) is 16.5. The molecule has 5 aliphatic carbocycles. The molecule has 29 atom stereocenters. The Morgan fingerprint density at radius 2 is 1.15 bits per heavy atom. The van der Waals surface area contributed by atoms with Crippen LogP contribution in [0.15, 0.2) is 11.6 Å². The lowest BCUT2D eigenvalue weighted by molar-refractivity contribution is -0.383. The van der Waals surface area contributed by atoms with E-state index < -0.39 is 200 Å². The zero-order valence-corrected chi connectivity index (χ0v) is 45.7. The Kier molecular flexibility index (Phi) is 17.6. The quantitative estimate of drug-likeness (QED) is 0.0489. The van der Waals surface area contributed by atoms with Gasteiger partial charge in [-0.2, -0.15) is 0 Å². The van der Waals surface area contributed by atoms with Crippen molar-refractivity contribution in [2.75, 3.05) is 40.1 Å². The Morgan fingerprint density at radius 1 is 0.582 bits per heavy atom. The SMILES string of the molecule is COC(=O)[C@@]1(C)CC[C@]2(C(=O)O[C@@H]3O[C@H](CO)[C@@H](O)[C@H](O)[C@H]3O)CC[C@]3(C)C(=CC[C@@H]4[C@@]5(C)CC[C@H](O[C@@H]6O[C@H](CO)[C@@H](O)[C@H](O)[C@H]6O[C@@H]6OC[C@@H](O)[C@H](O[C@@H]7O[C@H](CO)[C@@H](O)[C@H](O)[C@H]7O)[C@H]6O)[C@@](C)(CO)[C@@H]5CC[C@]43C)[C@@H]2C1. The van der Waals surface area contributed by atoms with Crippen LogP contribution in [-0.2, 0) is 52.2 Å². The summed E-state index contributed by atoms with van der Waals surface area (Å²) in [5.74, 6) is -1.78. The molecule has 9 aliphatic rings. The van der Waals surface area contributed by atoms with Gasteiger partial charge in [0.2, 0.25) is 6.29 Å². The van der Waals surface area contributed by atoms with Gasteiger partial charge < -0.3 is 114 Å². The summed E-state index contributed by atoms with van der Waals surface area (Å²) in [7, 11) is 1.34. The molecule has 9 rings (SSSR count). The van der Waals surface area contributed by atoms with Gasteiger partial charge in [0, 0.05) is 5.41 Å². The number of ether oxygens (including phenoxy) is 9. The van der Waals surface area contributed by atoms with Crippen molar-refractivity contribution in [1.29, 1.82) is 0 Å². The third-order valence-electron chi connectivity index (χ3n) is 21.6. The van der Waals surface area contributed by atoms with Gasteiger partial charge >= 0.3 is 11.9 Å². The summed E-state index contributed by atoms with van der Waals surface area (Å²) in [5.41, 5.74) is -3.49. The molecule has 0 aromatic heterocycles. The zero-order valence-electron chi connectivity index (χ0n) is 45.7. The second-order valence-electron chi connectivity index (χ2n) is 25.6. The van der Waals surface area contributed by atoms with Crippen molar-refractivity contribution in [3.05, 3.63) is 11.6 Å². The van der Waals surface area contributed by atoms with Crippen LogP contribution in [0.5, 0.6) is 0 Å². The predicted octanol–water partition coefficient (Wildman–Crippen LogP) is -3.27. The number of hydrogen-bond donors (Lipinski definition) is 14. The second-order valence-corrected chi connectivity index (χ2v) is 25.6. The molecule has 0 aromatic rings. The summed E-state index contributed by atoms with van der Waals surface area (Å²) in [6, 6.07) is 0. The number of carbonyl (C=O) groups is 2. The highest BCUT2D eigenvalue weighted by atomic mass is 16.8. The van der Waals surface area contributed by atoms with E-state index in [4.69, 9.17) is 42.6 Å². The van der Waals surface area contributed by atoms with Crippen LogP contribution in [0.2, 0.25) is 0 Å². The highest BCUT2D eigenvalue weighted by Gasteiger charge is 2.71. The molecule has 0 bridgehead atoms. The van der Waals surface area contributed by atoms with Gasteiger partial charge in [0.25, 0.3) is 0 Å². The minimum absolute atomic E-state index is 0.0136. The monoisotopic (exact) mass is 1130 g/mol. The van der Waals surface area contributed by atoms with E-state index in [1.807, 2.05) is 13.8 Å². The lowest BCUT2D eigenvalue weighted by Crippen LogP contribution is -2.68. The van der Waals surface area contributed by atoms with Crippen molar-refractivity contribution in [3.8, 4) is 0 Å². The normalized spacial score (nSPS) is 53.8. The van der Waals surface area contributed by atoms with Crippen LogP contribution in [0.3, 0.4) is 0 Å².